The summed E-state index contributed by atoms with van der Waals surface area (Å²) in [5, 5.41) is 8.13. The molecule has 0 fully saturated rings. The van der Waals surface area contributed by atoms with Crippen LogP contribution in [0.5, 0.6) is 11.5 Å². The van der Waals surface area contributed by atoms with Crippen molar-refractivity contribution in [2.24, 2.45) is 5.10 Å². The van der Waals surface area contributed by atoms with Gasteiger partial charge >= 0.3 is 17.8 Å². The summed E-state index contributed by atoms with van der Waals surface area (Å²) in [7, 11) is 1.54. The van der Waals surface area contributed by atoms with Gasteiger partial charge in [-0.05, 0) is 59.7 Å². The number of methoxy groups -OCH3 is 1. The number of esters is 1. The Morgan fingerprint density at radius 3 is 2.31 bits per heavy atom. The van der Waals surface area contributed by atoms with Crippen LogP contribution in [0, 0.1) is 6.92 Å². The van der Waals surface area contributed by atoms with E-state index in [4.69, 9.17) is 9.47 Å². The molecule has 180 valence electrons. The predicted molar refractivity (Wildman–Crippen MR) is 137 cm³/mol. The lowest BCUT2D eigenvalue weighted by molar-refractivity contribution is -0.136. The molecule has 0 saturated heterocycles. The quantitative estimate of drug-likeness (QED) is 0.139. The number of nitrogens with zero attached hydrogens (tertiary/aromatic N) is 1. The number of anilines is 1. The highest BCUT2D eigenvalue weighted by Gasteiger charge is 2.16. The van der Waals surface area contributed by atoms with E-state index in [-0.39, 0.29) is 5.75 Å². The molecule has 0 saturated carbocycles. The first-order valence-electron chi connectivity index (χ1n) is 11.0. The van der Waals surface area contributed by atoms with Crippen molar-refractivity contribution < 1.29 is 23.9 Å². The average molecular weight is 482 g/mol. The van der Waals surface area contributed by atoms with Crippen LogP contribution in [-0.4, -0.2) is 31.1 Å². The Labute approximate surface area is 207 Å². The molecule has 2 amide bonds. The highest BCUT2D eigenvalue weighted by Crippen LogP contribution is 2.27. The van der Waals surface area contributed by atoms with Crippen molar-refractivity contribution in [2.75, 3.05) is 12.4 Å². The van der Waals surface area contributed by atoms with Gasteiger partial charge in [0.05, 0.1) is 18.9 Å². The summed E-state index contributed by atoms with van der Waals surface area (Å²) in [5.41, 5.74) is 4.38. The third kappa shape index (κ3) is 5.56. The average Bonchev–Trinajstić information content (AvgIpc) is 2.90. The van der Waals surface area contributed by atoms with Crippen LogP contribution >= 0.6 is 0 Å². The predicted octanol–water partition coefficient (Wildman–Crippen LogP) is 4.46. The SMILES string of the molecule is COc1ccc(C(=O)Oc2ccc3ccccc3c2/C=N/NC(=O)C(=O)Nc2ccccc2C)cc1. The molecule has 0 aliphatic heterocycles. The number of carbonyl (C=O) groups is 3. The minimum absolute atomic E-state index is 0.247. The molecule has 2 N–H and O–H groups in total. The van der Waals surface area contributed by atoms with Crippen LogP contribution < -0.4 is 20.2 Å². The normalized spacial score (nSPS) is 10.7. The first-order valence-corrected chi connectivity index (χ1v) is 11.0. The number of benzene rings is 4. The molecule has 8 nitrogen and oxygen atoms in total. The van der Waals surface area contributed by atoms with E-state index in [1.165, 1.54) is 6.21 Å². The van der Waals surface area contributed by atoms with Crippen LogP contribution in [0.3, 0.4) is 0 Å². The lowest BCUT2D eigenvalue weighted by Gasteiger charge is -2.11. The number of fused-ring (bicyclic) bond motifs is 1. The summed E-state index contributed by atoms with van der Waals surface area (Å²) < 4.78 is 10.8. The van der Waals surface area contributed by atoms with Gasteiger partial charge in [-0.3, -0.25) is 9.59 Å². The van der Waals surface area contributed by atoms with Gasteiger partial charge < -0.3 is 14.8 Å². The highest BCUT2D eigenvalue weighted by molar-refractivity contribution is 6.39. The Morgan fingerprint density at radius 2 is 1.56 bits per heavy atom. The number of hydrazone groups is 1. The Bertz CT molecular complexity index is 1460. The van der Waals surface area contributed by atoms with Crippen LogP contribution in [0.2, 0.25) is 0 Å². The highest BCUT2D eigenvalue weighted by atomic mass is 16.5. The van der Waals surface area contributed by atoms with E-state index >= 15 is 0 Å². The number of rotatable bonds is 6. The molecular formula is C28H23N3O5. The summed E-state index contributed by atoms with van der Waals surface area (Å²) in [5.74, 6) is -1.49. The molecule has 0 atom stereocenters. The van der Waals surface area contributed by atoms with Gasteiger partial charge in [0.1, 0.15) is 11.5 Å². The van der Waals surface area contributed by atoms with Gasteiger partial charge in [0.25, 0.3) is 0 Å². The van der Waals surface area contributed by atoms with Crippen LogP contribution in [0.15, 0.2) is 90.0 Å². The molecule has 0 aliphatic rings. The second kappa shape index (κ2) is 11.0. The maximum Gasteiger partial charge on any atom is 0.343 e. The van der Waals surface area contributed by atoms with Crippen molar-refractivity contribution in [3.63, 3.8) is 0 Å². The van der Waals surface area contributed by atoms with Gasteiger partial charge in [0.2, 0.25) is 0 Å². The molecule has 8 heteroatoms. The fraction of sp³-hybridized carbons (Fsp3) is 0.0714. The zero-order valence-electron chi connectivity index (χ0n) is 19.6. The van der Waals surface area contributed by atoms with E-state index in [0.29, 0.717) is 22.6 Å². The van der Waals surface area contributed by atoms with E-state index in [2.05, 4.69) is 15.8 Å². The number of ether oxygens (including phenoxy) is 2. The van der Waals surface area contributed by atoms with Crippen molar-refractivity contribution in [1.82, 2.24) is 5.43 Å². The first-order chi connectivity index (χ1) is 17.5. The monoisotopic (exact) mass is 481 g/mol. The van der Waals surface area contributed by atoms with Gasteiger partial charge in [-0.15, -0.1) is 0 Å². The number of aryl methyl sites for hydroxylation is 1. The van der Waals surface area contributed by atoms with E-state index in [9.17, 15) is 14.4 Å². The summed E-state index contributed by atoms with van der Waals surface area (Å²) in [6.45, 7) is 1.82. The van der Waals surface area contributed by atoms with Crippen LogP contribution in [0.1, 0.15) is 21.5 Å². The molecule has 36 heavy (non-hydrogen) atoms. The van der Waals surface area contributed by atoms with E-state index in [1.54, 1.807) is 49.6 Å². The van der Waals surface area contributed by atoms with Gasteiger partial charge in [-0.1, -0.05) is 48.5 Å². The molecule has 0 spiro atoms. The van der Waals surface area contributed by atoms with Gasteiger partial charge in [0.15, 0.2) is 0 Å². The molecule has 0 aliphatic carbocycles. The number of carbonyl (C=O) groups excluding carboxylic acids is 3. The molecule has 0 radical (unpaired) electrons. The molecule has 4 aromatic rings. The number of para-hydroxylation sites is 1. The maximum absolute atomic E-state index is 12.7. The van der Waals surface area contributed by atoms with Crippen molar-refractivity contribution >= 4 is 40.5 Å². The fourth-order valence-electron chi connectivity index (χ4n) is 3.48. The lowest BCUT2D eigenvalue weighted by atomic mass is 10.0. The third-order valence-corrected chi connectivity index (χ3v) is 5.42. The van der Waals surface area contributed by atoms with E-state index in [1.807, 2.05) is 49.4 Å². The number of nitrogens with one attached hydrogen (secondary N) is 2. The van der Waals surface area contributed by atoms with E-state index < -0.39 is 17.8 Å². The van der Waals surface area contributed by atoms with Gasteiger partial charge in [-0.2, -0.15) is 5.10 Å². The number of amides is 2. The Kier molecular flexibility index (Phi) is 7.36. The van der Waals surface area contributed by atoms with Crippen molar-refractivity contribution in [3.05, 3.63) is 102 Å². The zero-order valence-corrected chi connectivity index (χ0v) is 19.6. The summed E-state index contributed by atoms with van der Waals surface area (Å²) >= 11 is 0. The zero-order chi connectivity index (χ0) is 25.5. The third-order valence-electron chi connectivity index (χ3n) is 5.42. The first kappa shape index (κ1) is 24.2. The van der Waals surface area contributed by atoms with Crippen molar-refractivity contribution in [2.45, 2.75) is 6.92 Å². The molecule has 0 heterocycles. The summed E-state index contributed by atoms with van der Waals surface area (Å²) in [4.78, 5) is 37.3. The van der Waals surface area contributed by atoms with Crippen LogP contribution in [0.4, 0.5) is 5.69 Å². The topological polar surface area (TPSA) is 106 Å². The molecule has 0 aromatic heterocycles. The Morgan fingerprint density at radius 1 is 0.833 bits per heavy atom. The van der Waals surface area contributed by atoms with Crippen LogP contribution in [-0.2, 0) is 9.59 Å². The Balaban J connectivity index is 1.54. The minimum atomic E-state index is -0.938. The maximum atomic E-state index is 12.7. The molecule has 0 unspecified atom stereocenters. The summed E-state index contributed by atoms with van der Waals surface area (Å²) in [6, 6.07) is 24.6. The second-order valence-corrected chi connectivity index (χ2v) is 7.78. The standard InChI is InChI=1S/C28H23N3O5/c1-18-7-3-6-10-24(18)30-26(32)27(33)31-29-17-23-22-9-5-4-8-19(22)13-16-25(23)36-28(34)20-11-14-21(35-2)15-12-20/h3-17H,1-2H3,(H,30,32)(H,31,33)/b29-17+. The molecule has 4 rings (SSSR count). The number of hydrogen-bond donors (Lipinski definition) is 2. The molecular weight excluding hydrogens is 458 g/mol. The van der Waals surface area contributed by atoms with Crippen LogP contribution in [0.25, 0.3) is 10.8 Å². The molecule has 4 aromatic carbocycles. The Hall–Kier alpha value is -4.98. The second-order valence-electron chi connectivity index (χ2n) is 7.78. The fourth-order valence-corrected chi connectivity index (χ4v) is 3.48. The van der Waals surface area contributed by atoms with Gasteiger partial charge in [-0.25, -0.2) is 10.2 Å². The van der Waals surface area contributed by atoms with Crippen molar-refractivity contribution in [3.8, 4) is 11.5 Å². The minimum Gasteiger partial charge on any atom is -0.497 e. The summed E-state index contributed by atoms with van der Waals surface area (Å²) in [6.07, 6.45) is 1.35. The van der Waals surface area contributed by atoms with Crippen molar-refractivity contribution in [1.29, 1.82) is 0 Å². The van der Waals surface area contributed by atoms with E-state index in [0.717, 1.165) is 16.3 Å². The van der Waals surface area contributed by atoms with Gasteiger partial charge in [0, 0.05) is 11.3 Å². The largest absolute Gasteiger partial charge is 0.497 e. The lowest BCUT2D eigenvalue weighted by Crippen LogP contribution is -2.32. The molecule has 0 bridgehead atoms. The smallest absolute Gasteiger partial charge is 0.343 e. The number of hydrogen-bond acceptors (Lipinski definition) is 6.